The maximum atomic E-state index is 5.11. The van der Waals surface area contributed by atoms with E-state index in [9.17, 15) is 0 Å². The van der Waals surface area contributed by atoms with Crippen LogP contribution in [0.4, 0.5) is 0 Å². The van der Waals surface area contributed by atoms with Crippen molar-refractivity contribution in [1.82, 2.24) is 5.32 Å². The zero-order chi connectivity index (χ0) is 7.40. The van der Waals surface area contributed by atoms with Gasteiger partial charge < -0.3 is 5.32 Å². The van der Waals surface area contributed by atoms with Crippen LogP contribution in [0.15, 0.2) is 0 Å². The van der Waals surface area contributed by atoms with E-state index in [0.717, 1.165) is 23.2 Å². The Morgan fingerprint density at radius 1 is 1.80 bits per heavy atom. The number of hydrogen-bond acceptors (Lipinski definition) is 2. The highest BCUT2D eigenvalue weighted by Crippen LogP contribution is 2.19. The van der Waals surface area contributed by atoms with E-state index in [1.54, 1.807) is 0 Å². The van der Waals surface area contributed by atoms with Crippen LogP contribution in [0.1, 0.15) is 19.8 Å². The van der Waals surface area contributed by atoms with E-state index < -0.39 is 0 Å². The fourth-order valence-electron chi connectivity index (χ4n) is 1.02. The van der Waals surface area contributed by atoms with Crippen LogP contribution in [0.5, 0.6) is 0 Å². The lowest BCUT2D eigenvalue weighted by Gasteiger charge is -2.08. The largest absolute Gasteiger partial charge is 0.379 e. The molecule has 1 nitrogen and oxygen atoms in total. The summed E-state index contributed by atoms with van der Waals surface area (Å²) in [5.41, 5.74) is 0. The van der Waals surface area contributed by atoms with Gasteiger partial charge in [0.2, 0.25) is 0 Å². The zero-order valence-corrected chi connectivity index (χ0v) is 7.86. The molecule has 0 radical (unpaired) electrons. The molecule has 0 aromatic carbocycles. The molecule has 58 valence electrons. The molecule has 1 rings (SSSR count). The summed E-state index contributed by atoms with van der Waals surface area (Å²) in [6.07, 6.45) is 2.32. The van der Waals surface area contributed by atoms with Crippen molar-refractivity contribution in [2.75, 3.05) is 12.3 Å². The highest BCUT2D eigenvalue weighted by Gasteiger charge is 2.12. The van der Waals surface area contributed by atoms with Gasteiger partial charge in [0.05, 0.1) is 4.99 Å². The van der Waals surface area contributed by atoms with Crippen LogP contribution in [-0.2, 0) is 0 Å². The van der Waals surface area contributed by atoms with E-state index >= 15 is 0 Å². The Hall–Kier alpha value is 0.240. The monoisotopic (exact) mass is 175 g/mol. The van der Waals surface area contributed by atoms with Crippen molar-refractivity contribution in [3.63, 3.8) is 0 Å². The van der Waals surface area contributed by atoms with Crippen molar-refractivity contribution in [2.45, 2.75) is 25.0 Å². The van der Waals surface area contributed by atoms with Gasteiger partial charge in [0.25, 0.3) is 0 Å². The van der Waals surface area contributed by atoms with Crippen molar-refractivity contribution in [1.29, 1.82) is 0 Å². The Morgan fingerprint density at radius 3 is 3.30 bits per heavy atom. The minimum Gasteiger partial charge on any atom is -0.379 e. The molecule has 1 aliphatic rings. The first-order chi connectivity index (χ1) is 4.83. The molecular formula is C7H13NS2. The summed E-state index contributed by atoms with van der Waals surface area (Å²) in [4.78, 5) is 1.05. The van der Waals surface area contributed by atoms with E-state index in [1.165, 1.54) is 12.2 Å². The van der Waals surface area contributed by atoms with Gasteiger partial charge in [0.1, 0.15) is 0 Å². The van der Waals surface area contributed by atoms with Crippen LogP contribution in [0.25, 0.3) is 0 Å². The maximum absolute atomic E-state index is 5.11. The van der Waals surface area contributed by atoms with E-state index in [-0.39, 0.29) is 0 Å². The quantitative estimate of drug-likeness (QED) is 0.611. The second kappa shape index (κ2) is 4.19. The zero-order valence-electron chi connectivity index (χ0n) is 6.22. The van der Waals surface area contributed by atoms with Crippen LogP contribution in [0.3, 0.4) is 0 Å². The highest BCUT2D eigenvalue weighted by atomic mass is 32.2. The highest BCUT2D eigenvalue weighted by molar-refractivity contribution is 8.00. The minimum atomic E-state index is 0.766. The number of thiocarbonyl (C=S) groups is 1. The fraction of sp³-hybridized carbons (Fsp3) is 0.857. The third-order valence-corrected chi connectivity index (χ3v) is 3.37. The van der Waals surface area contributed by atoms with Crippen LogP contribution in [-0.4, -0.2) is 22.5 Å². The average molecular weight is 175 g/mol. The fourth-order valence-corrected chi connectivity index (χ4v) is 2.50. The van der Waals surface area contributed by atoms with Crippen molar-refractivity contribution in [2.24, 2.45) is 0 Å². The maximum Gasteiger partial charge on any atom is 0.0764 e. The first-order valence-electron chi connectivity index (χ1n) is 3.71. The predicted molar refractivity (Wildman–Crippen MR) is 51.8 cm³/mol. The standard InChI is InChI=1S/C7H13NS2/c1-2-6-5-7(9)8-3-4-10-6/h6H,2-5H2,1H3,(H,8,9). The number of nitrogens with one attached hydrogen (secondary N) is 1. The van der Waals surface area contributed by atoms with Gasteiger partial charge in [0.15, 0.2) is 0 Å². The molecule has 1 saturated heterocycles. The molecule has 0 aromatic rings. The van der Waals surface area contributed by atoms with Crippen molar-refractivity contribution in [3.05, 3.63) is 0 Å². The van der Waals surface area contributed by atoms with E-state index in [0.29, 0.717) is 0 Å². The van der Waals surface area contributed by atoms with Crippen LogP contribution < -0.4 is 5.32 Å². The lowest BCUT2D eigenvalue weighted by Crippen LogP contribution is -2.22. The van der Waals surface area contributed by atoms with Crippen molar-refractivity contribution >= 4 is 29.0 Å². The Labute approximate surface area is 72.0 Å². The molecule has 0 aliphatic carbocycles. The molecule has 0 bridgehead atoms. The van der Waals surface area contributed by atoms with Gasteiger partial charge in [-0.15, -0.1) is 0 Å². The summed E-state index contributed by atoms with van der Waals surface area (Å²) in [7, 11) is 0. The summed E-state index contributed by atoms with van der Waals surface area (Å²) >= 11 is 7.15. The summed E-state index contributed by atoms with van der Waals surface area (Å²) in [6.45, 7) is 3.28. The molecule has 0 amide bonds. The summed E-state index contributed by atoms with van der Waals surface area (Å²) in [5.74, 6) is 1.21. The topological polar surface area (TPSA) is 12.0 Å². The minimum absolute atomic E-state index is 0.766. The lowest BCUT2D eigenvalue weighted by atomic mass is 10.2. The first kappa shape index (κ1) is 8.34. The second-order valence-electron chi connectivity index (χ2n) is 2.46. The smallest absolute Gasteiger partial charge is 0.0764 e. The number of rotatable bonds is 1. The summed E-state index contributed by atoms with van der Waals surface area (Å²) in [5, 5.41) is 3.99. The van der Waals surface area contributed by atoms with E-state index in [2.05, 4.69) is 12.2 Å². The van der Waals surface area contributed by atoms with Crippen molar-refractivity contribution in [3.8, 4) is 0 Å². The molecule has 0 aromatic heterocycles. The molecule has 3 heteroatoms. The Kier molecular flexibility index (Phi) is 3.49. The molecule has 1 atom stereocenters. The third-order valence-electron chi connectivity index (χ3n) is 1.65. The molecule has 1 aliphatic heterocycles. The second-order valence-corrected chi connectivity index (χ2v) is 4.36. The molecule has 10 heavy (non-hydrogen) atoms. The lowest BCUT2D eigenvalue weighted by molar-refractivity contribution is 0.853. The Morgan fingerprint density at radius 2 is 2.60 bits per heavy atom. The molecule has 1 fully saturated rings. The third kappa shape index (κ3) is 2.46. The van der Waals surface area contributed by atoms with Gasteiger partial charge in [0, 0.05) is 24.0 Å². The molecule has 1 N–H and O–H groups in total. The molecule has 1 unspecified atom stereocenters. The van der Waals surface area contributed by atoms with Crippen LogP contribution in [0, 0.1) is 0 Å². The van der Waals surface area contributed by atoms with Gasteiger partial charge in [-0.3, -0.25) is 0 Å². The average Bonchev–Trinajstić information content (AvgIpc) is 2.13. The first-order valence-corrected chi connectivity index (χ1v) is 5.17. The summed E-state index contributed by atoms with van der Waals surface area (Å²) in [6, 6.07) is 0. The van der Waals surface area contributed by atoms with E-state index in [1.807, 2.05) is 11.8 Å². The van der Waals surface area contributed by atoms with Crippen molar-refractivity contribution < 1.29 is 0 Å². The summed E-state index contributed by atoms with van der Waals surface area (Å²) < 4.78 is 0. The SMILES string of the molecule is CCC1CC(=S)NCCS1. The molecular weight excluding hydrogens is 162 g/mol. The van der Waals surface area contributed by atoms with E-state index in [4.69, 9.17) is 12.2 Å². The van der Waals surface area contributed by atoms with Crippen LogP contribution in [0.2, 0.25) is 0 Å². The van der Waals surface area contributed by atoms with Gasteiger partial charge in [-0.25, -0.2) is 0 Å². The Bertz CT molecular complexity index is 125. The van der Waals surface area contributed by atoms with Gasteiger partial charge in [-0.1, -0.05) is 19.1 Å². The van der Waals surface area contributed by atoms with Gasteiger partial charge >= 0.3 is 0 Å². The molecule has 0 spiro atoms. The predicted octanol–water partition coefficient (Wildman–Crippen LogP) is 1.82. The molecule has 1 heterocycles. The van der Waals surface area contributed by atoms with Crippen LogP contribution >= 0.6 is 24.0 Å². The number of hydrogen-bond donors (Lipinski definition) is 1. The van der Waals surface area contributed by atoms with Gasteiger partial charge in [-0.05, 0) is 6.42 Å². The van der Waals surface area contributed by atoms with Gasteiger partial charge in [-0.2, -0.15) is 11.8 Å². The normalized spacial score (nSPS) is 27.3. The number of thioether (sulfide) groups is 1. The molecule has 0 saturated carbocycles. The Balaban J connectivity index is 2.38.